The van der Waals surface area contributed by atoms with Crippen LogP contribution in [-0.4, -0.2) is 16.0 Å². The number of fused-ring (bicyclic) bond motifs is 1. The molecule has 3 rings (SSSR count). The Balaban J connectivity index is 1.97. The Morgan fingerprint density at radius 3 is 2.94 bits per heavy atom. The quantitative estimate of drug-likeness (QED) is 0.773. The summed E-state index contributed by atoms with van der Waals surface area (Å²) in [6, 6.07) is 5.99. The van der Waals surface area contributed by atoms with E-state index in [0.29, 0.717) is 5.92 Å². The first kappa shape index (κ1) is 12.0. The topological polar surface area (TPSA) is 54.7 Å². The molecule has 2 unspecified atom stereocenters. The number of halogens is 1. The molecule has 0 spiro atoms. The van der Waals surface area contributed by atoms with E-state index in [0.717, 1.165) is 34.7 Å². The predicted octanol–water partition coefficient (Wildman–Crippen LogP) is 3.59. The Labute approximate surface area is 112 Å². The lowest BCUT2D eigenvalue weighted by Crippen LogP contribution is -2.27. The Morgan fingerprint density at radius 1 is 1.22 bits per heavy atom. The van der Waals surface area contributed by atoms with E-state index in [1.165, 1.54) is 19.3 Å². The lowest BCUT2D eigenvalue weighted by Gasteiger charge is -2.18. The lowest BCUT2D eigenvalue weighted by atomic mass is 9.95. The van der Waals surface area contributed by atoms with Crippen LogP contribution in [-0.2, 0) is 0 Å². The van der Waals surface area contributed by atoms with Crippen molar-refractivity contribution < 1.29 is 0 Å². The molecule has 1 heterocycles. The molecule has 0 radical (unpaired) electrons. The second kappa shape index (κ2) is 4.90. The molecule has 0 bridgehead atoms. The number of nitrogens with zero attached hydrogens (tertiary/aromatic N) is 1. The summed E-state index contributed by atoms with van der Waals surface area (Å²) in [4.78, 5) is 8.06. The Bertz CT molecular complexity index is 549. The molecule has 1 fully saturated rings. The predicted molar refractivity (Wildman–Crippen MR) is 74.9 cm³/mol. The van der Waals surface area contributed by atoms with E-state index < -0.39 is 0 Å². The van der Waals surface area contributed by atoms with Crippen LogP contribution in [0.15, 0.2) is 18.2 Å². The fourth-order valence-corrected chi connectivity index (χ4v) is 3.03. The molecule has 1 aliphatic rings. The molecule has 1 saturated carbocycles. The second-order valence-corrected chi connectivity index (χ2v) is 5.63. The van der Waals surface area contributed by atoms with Crippen LogP contribution in [0.1, 0.15) is 43.8 Å². The van der Waals surface area contributed by atoms with Gasteiger partial charge in [0.15, 0.2) is 0 Å². The fourth-order valence-electron chi connectivity index (χ4n) is 2.85. The van der Waals surface area contributed by atoms with Crippen molar-refractivity contribution in [3.63, 3.8) is 0 Å². The number of H-pyrrole nitrogens is 1. The van der Waals surface area contributed by atoms with Crippen LogP contribution in [0.2, 0.25) is 5.02 Å². The average molecular weight is 264 g/mol. The molecular weight excluding hydrogens is 246 g/mol. The van der Waals surface area contributed by atoms with Gasteiger partial charge in [0.05, 0.1) is 11.0 Å². The molecule has 1 aromatic heterocycles. The van der Waals surface area contributed by atoms with Gasteiger partial charge in [-0.25, -0.2) is 4.98 Å². The van der Waals surface area contributed by atoms with E-state index in [4.69, 9.17) is 17.3 Å². The summed E-state index contributed by atoms with van der Waals surface area (Å²) < 4.78 is 0. The molecule has 0 amide bonds. The van der Waals surface area contributed by atoms with Crippen molar-refractivity contribution in [3.05, 3.63) is 29.0 Å². The number of hydrogen-bond acceptors (Lipinski definition) is 2. The van der Waals surface area contributed by atoms with Crippen LogP contribution in [0.3, 0.4) is 0 Å². The van der Waals surface area contributed by atoms with Crippen molar-refractivity contribution in [2.24, 2.45) is 5.73 Å². The van der Waals surface area contributed by atoms with Crippen LogP contribution in [0.25, 0.3) is 11.0 Å². The van der Waals surface area contributed by atoms with Crippen molar-refractivity contribution in [2.45, 2.75) is 44.1 Å². The Morgan fingerprint density at radius 2 is 2.06 bits per heavy atom. The molecule has 1 aliphatic carbocycles. The highest BCUT2D eigenvalue weighted by Gasteiger charge is 2.24. The summed E-state index contributed by atoms with van der Waals surface area (Å²) in [5, 5.41) is 0.739. The number of aromatic nitrogens is 2. The zero-order valence-corrected chi connectivity index (χ0v) is 11.1. The molecule has 3 N–H and O–H groups in total. The standard InChI is InChI=1S/C14H18ClN3/c15-9-6-7-12-13(8-9)18-14(17-12)10-4-2-1-3-5-11(10)16/h6-8,10-11H,1-5,16H2,(H,17,18). The molecule has 3 nitrogen and oxygen atoms in total. The van der Waals surface area contributed by atoms with Crippen molar-refractivity contribution in [1.82, 2.24) is 9.97 Å². The van der Waals surface area contributed by atoms with E-state index in [1.807, 2.05) is 18.2 Å². The molecule has 0 aliphatic heterocycles. The van der Waals surface area contributed by atoms with Gasteiger partial charge in [-0.2, -0.15) is 0 Å². The second-order valence-electron chi connectivity index (χ2n) is 5.19. The molecule has 2 aromatic rings. The van der Waals surface area contributed by atoms with Crippen molar-refractivity contribution >= 4 is 22.6 Å². The number of aromatic amines is 1. The monoisotopic (exact) mass is 263 g/mol. The van der Waals surface area contributed by atoms with Gasteiger partial charge < -0.3 is 10.7 Å². The third-order valence-electron chi connectivity index (χ3n) is 3.88. The molecule has 18 heavy (non-hydrogen) atoms. The minimum absolute atomic E-state index is 0.225. The molecular formula is C14H18ClN3. The Hall–Kier alpha value is -1.06. The van der Waals surface area contributed by atoms with Gasteiger partial charge in [0.2, 0.25) is 0 Å². The maximum absolute atomic E-state index is 6.28. The summed E-state index contributed by atoms with van der Waals surface area (Å²) in [7, 11) is 0. The first-order chi connectivity index (χ1) is 8.74. The van der Waals surface area contributed by atoms with Crippen molar-refractivity contribution in [1.29, 1.82) is 0 Å². The molecule has 4 heteroatoms. The fraction of sp³-hybridized carbons (Fsp3) is 0.500. The van der Waals surface area contributed by atoms with E-state index in [9.17, 15) is 0 Å². The number of rotatable bonds is 1. The highest BCUT2D eigenvalue weighted by molar-refractivity contribution is 6.31. The maximum Gasteiger partial charge on any atom is 0.111 e. The Kier molecular flexibility index (Phi) is 3.27. The number of imidazole rings is 1. The molecule has 0 saturated heterocycles. The minimum Gasteiger partial charge on any atom is -0.342 e. The first-order valence-electron chi connectivity index (χ1n) is 6.65. The minimum atomic E-state index is 0.225. The van der Waals surface area contributed by atoms with Gasteiger partial charge in [-0.15, -0.1) is 0 Å². The van der Waals surface area contributed by atoms with Crippen molar-refractivity contribution in [3.8, 4) is 0 Å². The number of nitrogens with one attached hydrogen (secondary N) is 1. The summed E-state index contributed by atoms with van der Waals surface area (Å²) >= 11 is 6.00. The smallest absolute Gasteiger partial charge is 0.111 e. The molecule has 96 valence electrons. The molecule has 2 atom stereocenters. The highest BCUT2D eigenvalue weighted by Crippen LogP contribution is 2.30. The van der Waals surface area contributed by atoms with E-state index in [-0.39, 0.29) is 6.04 Å². The number of benzene rings is 1. The number of nitrogens with two attached hydrogens (primary N) is 1. The largest absolute Gasteiger partial charge is 0.342 e. The zero-order chi connectivity index (χ0) is 12.5. The summed E-state index contributed by atoms with van der Waals surface area (Å²) in [6.07, 6.45) is 6.01. The van der Waals surface area contributed by atoms with Crippen molar-refractivity contribution in [2.75, 3.05) is 0 Å². The highest BCUT2D eigenvalue weighted by atomic mass is 35.5. The van der Waals surface area contributed by atoms with Gasteiger partial charge in [-0.3, -0.25) is 0 Å². The van der Waals surface area contributed by atoms with Crippen LogP contribution >= 0.6 is 11.6 Å². The van der Waals surface area contributed by atoms with Gasteiger partial charge in [0.1, 0.15) is 5.82 Å². The SMILES string of the molecule is NC1CCCCCC1c1nc2ccc(Cl)cc2[nH]1. The van der Waals surface area contributed by atoms with Gasteiger partial charge >= 0.3 is 0 Å². The summed E-state index contributed by atoms with van der Waals surface area (Å²) in [5.74, 6) is 1.39. The summed E-state index contributed by atoms with van der Waals surface area (Å²) in [5.41, 5.74) is 8.26. The van der Waals surface area contributed by atoms with Gasteiger partial charge in [-0.05, 0) is 31.0 Å². The number of hydrogen-bond donors (Lipinski definition) is 2. The maximum atomic E-state index is 6.28. The first-order valence-corrected chi connectivity index (χ1v) is 7.02. The molecule has 1 aromatic carbocycles. The third kappa shape index (κ3) is 2.25. The van der Waals surface area contributed by atoms with Gasteiger partial charge in [-0.1, -0.05) is 30.9 Å². The lowest BCUT2D eigenvalue weighted by molar-refractivity contribution is 0.488. The van der Waals surface area contributed by atoms with Crippen LogP contribution < -0.4 is 5.73 Å². The van der Waals surface area contributed by atoms with Crippen LogP contribution in [0.4, 0.5) is 0 Å². The van der Waals surface area contributed by atoms with E-state index in [1.54, 1.807) is 0 Å². The normalized spacial score (nSPS) is 25.2. The van der Waals surface area contributed by atoms with Crippen LogP contribution in [0.5, 0.6) is 0 Å². The zero-order valence-electron chi connectivity index (χ0n) is 10.3. The van der Waals surface area contributed by atoms with Crippen LogP contribution in [0, 0.1) is 0 Å². The van der Waals surface area contributed by atoms with Gasteiger partial charge in [0, 0.05) is 17.0 Å². The van der Waals surface area contributed by atoms with E-state index >= 15 is 0 Å². The van der Waals surface area contributed by atoms with E-state index in [2.05, 4.69) is 9.97 Å². The average Bonchev–Trinajstić information content (AvgIpc) is 2.63. The summed E-state index contributed by atoms with van der Waals surface area (Å²) in [6.45, 7) is 0. The van der Waals surface area contributed by atoms with Gasteiger partial charge in [0.25, 0.3) is 0 Å². The third-order valence-corrected chi connectivity index (χ3v) is 4.12.